The number of hydrogen-bond acceptors (Lipinski definition) is 1. The summed E-state index contributed by atoms with van der Waals surface area (Å²) in [5.74, 6) is 1.82. The molecule has 1 atom stereocenters. The minimum Gasteiger partial charge on any atom is -0.299 e. The van der Waals surface area contributed by atoms with E-state index in [0.29, 0.717) is 11.7 Å². The summed E-state index contributed by atoms with van der Waals surface area (Å²) in [7, 11) is 0. The van der Waals surface area contributed by atoms with E-state index < -0.39 is 0 Å². The first-order chi connectivity index (χ1) is 5.88. The highest BCUT2D eigenvalue weighted by atomic mass is 16.1. The van der Waals surface area contributed by atoms with Crippen molar-refractivity contribution in [3.63, 3.8) is 0 Å². The third kappa shape index (κ3) is 1.55. The van der Waals surface area contributed by atoms with E-state index in [2.05, 4.69) is 0 Å². The molecule has 68 valence electrons. The summed E-state index contributed by atoms with van der Waals surface area (Å²) in [6.45, 7) is 0. The number of rotatable bonds is 1. The summed E-state index contributed by atoms with van der Waals surface area (Å²) in [6.07, 6.45) is 10.0. The Bertz CT molecular complexity index is 168. The highest BCUT2D eigenvalue weighted by Crippen LogP contribution is 2.37. The standard InChI is InChI=1S/C11H18O/c12-11-8-4-7-10(11)9-5-2-1-3-6-9/h9-10H,1-8H2/t10-/m0/s1. The van der Waals surface area contributed by atoms with Gasteiger partial charge in [-0.1, -0.05) is 19.3 Å². The van der Waals surface area contributed by atoms with E-state index in [4.69, 9.17) is 0 Å². The average Bonchev–Trinajstić information content (AvgIpc) is 2.53. The molecule has 0 unspecified atom stereocenters. The Balaban J connectivity index is 1.93. The summed E-state index contributed by atoms with van der Waals surface area (Å²) < 4.78 is 0. The van der Waals surface area contributed by atoms with E-state index in [1.54, 1.807) is 0 Å². The van der Waals surface area contributed by atoms with Crippen molar-refractivity contribution in [2.75, 3.05) is 0 Å². The molecule has 1 heteroatoms. The molecule has 0 aromatic heterocycles. The SMILES string of the molecule is O=C1CCC[C@H]1C1CCCCC1. The fourth-order valence-electron chi connectivity index (χ4n) is 2.88. The molecule has 0 heterocycles. The lowest BCUT2D eigenvalue weighted by Gasteiger charge is -2.25. The lowest BCUT2D eigenvalue weighted by Crippen LogP contribution is -2.21. The number of ketones is 1. The zero-order chi connectivity index (χ0) is 8.39. The Morgan fingerprint density at radius 1 is 0.917 bits per heavy atom. The van der Waals surface area contributed by atoms with Crippen LogP contribution in [-0.2, 0) is 4.79 Å². The lowest BCUT2D eigenvalue weighted by atomic mass is 9.79. The van der Waals surface area contributed by atoms with Crippen LogP contribution < -0.4 is 0 Å². The van der Waals surface area contributed by atoms with Crippen LogP contribution >= 0.6 is 0 Å². The van der Waals surface area contributed by atoms with Crippen molar-refractivity contribution in [2.45, 2.75) is 51.4 Å². The molecule has 2 aliphatic rings. The second-order valence-corrected chi connectivity index (χ2v) is 4.36. The summed E-state index contributed by atoms with van der Waals surface area (Å²) >= 11 is 0. The maximum atomic E-state index is 11.5. The van der Waals surface area contributed by atoms with Crippen LogP contribution in [0.5, 0.6) is 0 Å². The van der Waals surface area contributed by atoms with Crippen molar-refractivity contribution in [3.05, 3.63) is 0 Å². The number of hydrogen-bond donors (Lipinski definition) is 0. The van der Waals surface area contributed by atoms with Crippen LogP contribution in [0, 0.1) is 11.8 Å². The molecule has 2 rings (SSSR count). The highest BCUT2D eigenvalue weighted by Gasteiger charge is 2.32. The molecule has 0 aromatic carbocycles. The van der Waals surface area contributed by atoms with Gasteiger partial charge >= 0.3 is 0 Å². The van der Waals surface area contributed by atoms with Gasteiger partial charge < -0.3 is 0 Å². The normalized spacial score (nSPS) is 32.7. The molecular formula is C11H18O. The maximum absolute atomic E-state index is 11.5. The van der Waals surface area contributed by atoms with Crippen LogP contribution in [0.4, 0.5) is 0 Å². The minimum absolute atomic E-state index is 0.477. The summed E-state index contributed by atoms with van der Waals surface area (Å²) in [4.78, 5) is 11.5. The van der Waals surface area contributed by atoms with E-state index >= 15 is 0 Å². The molecule has 2 fully saturated rings. The third-order valence-corrected chi connectivity index (χ3v) is 3.57. The van der Waals surface area contributed by atoms with Crippen molar-refractivity contribution in [3.8, 4) is 0 Å². The van der Waals surface area contributed by atoms with Gasteiger partial charge in [0.15, 0.2) is 0 Å². The molecule has 0 N–H and O–H groups in total. The van der Waals surface area contributed by atoms with Crippen LogP contribution in [0.15, 0.2) is 0 Å². The minimum atomic E-state index is 0.477. The molecule has 0 spiro atoms. The average molecular weight is 166 g/mol. The monoisotopic (exact) mass is 166 g/mol. The van der Waals surface area contributed by atoms with Crippen LogP contribution in [0.25, 0.3) is 0 Å². The Hall–Kier alpha value is -0.330. The Kier molecular flexibility index (Phi) is 2.48. The van der Waals surface area contributed by atoms with Crippen LogP contribution in [-0.4, -0.2) is 5.78 Å². The maximum Gasteiger partial charge on any atom is 0.136 e. The van der Waals surface area contributed by atoms with Crippen molar-refractivity contribution in [1.82, 2.24) is 0 Å². The number of Topliss-reactive ketones (excluding diaryl/α,β-unsaturated/α-hetero) is 1. The van der Waals surface area contributed by atoms with E-state index in [-0.39, 0.29) is 0 Å². The van der Waals surface area contributed by atoms with Gasteiger partial charge in [0.05, 0.1) is 0 Å². The smallest absolute Gasteiger partial charge is 0.136 e. The quantitative estimate of drug-likeness (QED) is 0.585. The van der Waals surface area contributed by atoms with Crippen molar-refractivity contribution in [2.24, 2.45) is 11.8 Å². The lowest BCUT2D eigenvalue weighted by molar-refractivity contribution is -0.122. The van der Waals surface area contributed by atoms with Crippen molar-refractivity contribution < 1.29 is 4.79 Å². The molecule has 0 aromatic rings. The van der Waals surface area contributed by atoms with Crippen LogP contribution in [0.3, 0.4) is 0 Å². The van der Waals surface area contributed by atoms with Gasteiger partial charge in [0.25, 0.3) is 0 Å². The zero-order valence-corrected chi connectivity index (χ0v) is 7.72. The summed E-state index contributed by atoms with van der Waals surface area (Å²) in [5, 5.41) is 0. The molecule has 2 aliphatic carbocycles. The molecule has 12 heavy (non-hydrogen) atoms. The van der Waals surface area contributed by atoms with Gasteiger partial charge in [0.1, 0.15) is 5.78 Å². The summed E-state index contributed by atoms with van der Waals surface area (Å²) in [5.41, 5.74) is 0. The predicted octanol–water partition coefficient (Wildman–Crippen LogP) is 2.94. The molecule has 0 aliphatic heterocycles. The topological polar surface area (TPSA) is 17.1 Å². The van der Waals surface area contributed by atoms with Gasteiger partial charge in [0.2, 0.25) is 0 Å². The Labute approximate surface area is 74.5 Å². The van der Waals surface area contributed by atoms with E-state index in [9.17, 15) is 4.79 Å². The van der Waals surface area contributed by atoms with Gasteiger partial charge in [-0.05, 0) is 31.6 Å². The van der Waals surface area contributed by atoms with Gasteiger partial charge in [-0.15, -0.1) is 0 Å². The molecular weight excluding hydrogens is 148 g/mol. The first-order valence-electron chi connectivity index (χ1n) is 5.40. The predicted molar refractivity (Wildman–Crippen MR) is 48.9 cm³/mol. The van der Waals surface area contributed by atoms with Gasteiger partial charge in [-0.25, -0.2) is 0 Å². The highest BCUT2D eigenvalue weighted by molar-refractivity contribution is 5.83. The number of carbonyl (C=O) groups excluding carboxylic acids is 1. The number of carbonyl (C=O) groups is 1. The van der Waals surface area contributed by atoms with Gasteiger partial charge in [-0.3, -0.25) is 4.79 Å². The Morgan fingerprint density at radius 2 is 1.67 bits per heavy atom. The molecule has 0 bridgehead atoms. The zero-order valence-electron chi connectivity index (χ0n) is 7.72. The first-order valence-corrected chi connectivity index (χ1v) is 5.40. The third-order valence-electron chi connectivity index (χ3n) is 3.57. The summed E-state index contributed by atoms with van der Waals surface area (Å²) in [6, 6.07) is 0. The second-order valence-electron chi connectivity index (χ2n) is 4.36. The molecule has 0 amide bonds. The first kappa shape index (κ1) is 8.28. The van der Waals surface area contributed by atoms with Crippen LogP contribution in [0.2, 0.25) is 0 Å². The molecule has 1 nitrogen and oxygen atoms in total. The van der Waals surface area contributed by atoms with E-state index in [1.165, 1.54) is 44.9 Å². The van der Waals surface area contributed by atoms with Gasteiger partial charge in [-0.2, -0.15) is 0 Å². The second kappa shape index (κ2) is 3.59. The largest absolute Gasteiger partial charge is 0.299 e. The van der Waals surface area contributed by atoms with E-state index in [0.717, 1.165) is 12.3 Å². The Morgan fingerprint density at radius 3 is 2.25 bits per heavy atom. The fraction of sp³-hybridized carbons (Fsp3) is 0.909. The van der Waals surface area contributed by atoms with Gasteiger partial charge in [0, 0.05) is 12.3 Å². The van der Waals surface area contributed by atoms with Crippen molar-refractivity contribution in [1.29, 1.82) is 0 Å². The molecule has 0 radical (unpaired) electrons. The molecule has 0 saturated heterocycles. The van der Waals surface area contributed by atoms with Crippen molar-refractivity contribution >= 4 is 5.78 Å². The fourth-order valence-corrected chi connectivity index (χ4v) is 2.88. The van der Waals surface area contributed by atoms with E-state index in [1.807, 2.05) is 0 Å². The van der Waals surface area contributed by atoms with Crippen LogP contribution in [0.1, 0.15) is 51.4 Å². The molecule has 2 saturated carbocycles.